The molecule has 4 nitrogen and oxygen atoms in total. The summed E-state index contributed by atoms with van der Waals surface area (Å²) < 4.78 is 0. The van der Waals surface area contributed by atoms with Gasteiger partial charge in [-0.05, 0) is 45.4 Å². The van der Waals surface area contributed by atoms with Gasteiger partial charge in [-0.2, -0.15) is 0 Å². The van der Waals surface area contributed by atoms with Crippen LogP contribution in [0.4, 0.5) is 5.69 Å². The molecule has 1 aromatic rings. The fourth-order valence-electron chi connectivity index (χ4n) is 1.90. The van der Waals surface area contributed by atoms with Crippen LogP contribution in [-0.2, 0) is 4.79 Å². The van der Waals surface area contributed by atoms with Gasteiger partial charge in [0.1, 0.15) is 0 Å². The van der Waals surface area contributed by atoms with Crippen molar-refractivity contribution in [1.29, 1.82) is 0 Å². The first-order valence-corrected chi connectivity index (χ1v) is 7.29. The molecule has 0 spiro atoms. The monoisotopic (exact) mass is 277 g/mol. The number of rotatable bonds is 8. The van der Waals surface area contributed by atoms with E-state index in [9.17, 15) is 4.79 Å². The van der Waals surface area contributed by atoms with Gasteiger partial charge in [0.2, 0.25) is 5.91 Å². The molecule has 0 fully saturated rings. The van der Waals surface area contributed by atoms with Crippen molar-refractivity contribution in [2.24, 2.45) is 5.73 Å². The van der Waals surface area contributed by atoms with Crippen molar-refractivity contribution >= 4 is 11.6 Å². The molecule has 112 valence electrons. The fraction of sp³-hybridized carbons (Fsp3) is 0.562. The third-order valence-electron chi connectivity index (χ3n) is 3.45. The quantitative estimate of drug-likeness (QED) is 0.765. The smallest absolute Gasteiger partial charge is 0.239 e. The number of nitrogens with two attached hydrogens (primary N) is 1. The van der Waals surface area contributed by atoms with Gasteiger partial charge in [-0.25, -0.2) is 0 Å². The van der Waals surface area contributed by atoms with E-state index < -0.39 is 0 Å². The molecule has 0 bridgehead atoms. The lowest BCUT2D eigenvalue weighted by atomic mass is 10.0. The molecule has 0 radical (unpaired) electrons. The first-order valence-electron chi connectivity index (χ1n) is 7.29. The Morgan fingerprint density at radius 2 is 1.95 bits per heavy atom. The van der Waals surface area contributed by atoms with Crippen LogP contribution < -0.4 is 16.0 Å². The predicted molar refractivity (Wildman–Crippen MR) is 84.8 cm³/mol. The summed E-state index contributed by atoms with van der Waals surface area (Å²) in [5.41, 5.74) is 6.48. The first kappa shape index (κ1) is 16.5. The molecule has 0 aliphatic heterocycles. The molecule has 4 heteroatoms. The zero-order valence-electron chi connectivity index (χ0n) is 12.9. The minimum Gasteiger partial charge on any atom is -0.362 e. The molecule has 0 aromatic heterocycles. The number of amides is 1. The summed E-state index contributed by atoms with van der Waals surface area (Å²) in [4.78, 5) is 14.3. The lowest BCUT2D eigenvalue weighted by molar-refractivity contribution is -0.121. The number of anilines is 1. The number of hydrogen-bond donors (Lipinski definition) is 2. The highest BCUT2D eigenvalue weighted by Crippen LogP contribution is 2.14. The standard InChI is InChI=1S/C16H27N3O/c1-4-16(2,3)18-15(20)13-19(12-8-11-17)14-9-6-5-7-10-14/h5-7,9-10H,4,8,11-13,17H2,1-3H3,(H,18,20). The van der Waals surface area contributed by atoms with Crippen molar-refractivity contribution in [2.45, 2.75) is 39.2 Å². The first-order chi connectivity index (χ1) is 9.48. The molecule has 20 heavy (non-hydrogen) atoms. The molecule has 0 aliphatic rings. The lowest BCUT2D eigenvalue weighted by Gasteiger charge is -2.28. The van der Waals surface area contributed by atoms with E-state index in [2.05, 4.69) is 17.1 Å². The largest absolute Gasteiger partial charge is 0.362 e. The normalized spacial score (nSPS) is 11.2. The van der Waals surface area contributed by atoms with Crippen molar-refractivity contribution in [2.75, 3.05) is 24.5 Å². The minimum atomic E-state index is -0.159. The van der Waals surface area contributed by atoms with Gasteiger partial charge in [-0.15, -0.1) is 0 Å². The highest BCUT2D eigenvalue weighted by molar-refractivity contribution is 5.82. The summed E-state index contributed by atoms with van der Waals surface area (Å²) in [7, 11) is 0. The highest BCUT2D eigenvalue weighted by Gasteiger charge is 2.19. The second-order valence-corrected chi connectivity index (χ2v) is 5.68. The van der Waals surface area contributed by atoms with Crippen LogP contribution >= 0.6 is 0 Å². The fourth-order valence-corrected chi connectivity index (χ4v) is 1.90. The number of carbonyl (C=O) groups excluding carboxylic acids is 1. The van der Waals surface area contributed by atoms with E-state index in [4.69, 9.17) is 5.73 Å². The van der Waals surface area contributed by atoms with Gasteiger partial charge < -0.3 is 16.0 Å². The van der Waals surface area contributed by atoms with Crippen LogP contribution in [0.25, 0.3) is 0 Å². The van der Waals surface area contributed by atoms with E-state index in [1.54, 1.807) is 0 Å². The summed E-state index contributed by atoms with van der Waals surface area (Å²) in [6, 6.07) is 9.99. The number of hydrogen-bond acceptors (Lipinski definition) is 3. The topological polar surface area (TPSA) is 58.4 Å². The van der Waals surface area contributed by atoms with Crippen molar-refractivity contribution in [3.63, 3.8) is 0 Å². The van der Waals surface area contributed by atoms with E-state index in [1.165, 1.54) is 0 Å². The van der Waals surface area contributed by atoms with Gasteiger partial charge in [-0.1, -0.05) is 25.1 Å². The Morgan fingerprint density at radius 3 is 2.50 bits per heavy atom. The van der Waals surface area contributed by atoms with E-state index in [0.717, 1.165) is 25.1 Å². The Balaban J connectivity index is 2.68. The number of benzene rings is 1. The Morgan fingerprint density at radius 1 is 1.30 bits per heavy atom. The maximum atomic E-state index is 12.2. The van der Waals surface area contributed by atoms with Gasteiger partial charge in [0.15, 0.2) is 0 Å². The zero-order chi connectivity index (χ0) is 15.0. The average Bonchev–Trinajstić information content (AvgIpc) is 2.44. The molecule has 0 saturated heterocycles. The molecule has 1 amide bonds. The van der Waals surface area contributed by atoms with Crippen molar-refractivity contribution in [1.82, 2.24) is 5.32 Å². The zero-order valence-corrected chi connectivity index (χ0v) is 12.9. The van der Waals surface area contributed by atoms with E-state index in [-0.39, 0.29) is 11.4 Å². The van der Waals surface area contributed by atoms with Gasteiger partial charge in [0.25, 0.3) is 0 Å². The van der Waals surface area contributed by atoms with Gasteiger partial charge in [0.05, 0.1) is 6.54 Å². The highest BCUT2D eigenvalue weighted by atomic mass is 16.2. The van der Waals surface area contributed by atoms with Gasteiger partial charge in [-0.3, -0.25) is 4.79 Å². The van der Waals surface area contributed by atoms with E-state index >= 15 is 0 Å². The predicted octanol–water partition coefficient (Wildman–Crippen LogP) is 2.15. The number of para-hydroxylation sites is 1. The summed E-state index contributed by atoms with van der Waals surface area (Å²) in [6.07, 6.45) is 1.78. The van der Waals surface area contributed by atoms with Crippen molar-refractivity contribution in [3.05, 3.63) is 30.3 Å². The maximum absolute atomic E-state index is 12.2. The summed E-state index contributed by atoms with van der Waals surface area (Å²) in [5.74, 6) is 0.0534. The Hall–Kier alpha value is -1.55. The second kappa shape index (κ2) is 7.90. The van der Waals surface area contributed by atoms with E-state index in [1.807, 2.05) is 44.2 Å². The van der Waals surface area contributed by atoms with Crippen molar-refractivity contribution < 1.29 is 4.79 Å². The maximum Gasteiger partial charge on any atom is 0.239 e. The molecular formula is C16H27N3O. The molecular weight excluding hydrogens is 250 g/mol. The third kappa shape index (κ3) is 5.61. The van der Waals surface area contributed by atoms with Crippen molar-refractivity contribution in [3.8, 4) is 0 Å². The van der Waals surface area contributed by atoms with Crippen LogP contribution in [0.3, 0.4) is 0 Å². The molecule has 0 aliphatic carbocycles. The van der Waals surface area contributed by atoms with Gasteiger partial charge >= 0.3 is 0 Å². The van der Waals surface area contributed by atoms with Crippen LogP contribution in [0.15, 0.2) is 30.3 Å². The number of carbonyl (C=O) groups is 1. The molecule has 3 N–H and O–H groups in total. The van der Waals surface area contributed by atoms with Crippen LogP contribution in [-0.4, -0.2) is 31.1 Å². The lowest BCUT2D eigenvalue weighted by Crippen LogP contribution is -2.47. The second-order valence-electron chi connectivity index (χ2n) is 5.68. The Bertz CT molecular complexity index is 403. The number of nitrogens with zero attached hydrogens (tertiary/aromatic N) is 1. The molecule has 0 unspecified atom stereocenters. The summed E-state index contributed by atoms with van der Waals surface area (Å²) in [5, 5.41) is 3.07. The third-order valence-corrected chi connectivity index (χ3v) is 3.45. The molecule has 0 heterocycles. The SMILES string of the molecule is CCC(C)(C)NC(=O)CN(CCCN)c1ccccc1. The molecule has 0 atom stereocenters. The van der Waals surface area contributed by atoms with Crippen LogP contribution in [0.2, 0.25) is 0 Å². The van der Waals surface area contributed by atoms with E-state index in [0.29, 0.717) is 13.1 Å². The molecule has 0 saturated carbocycles. The Kier molecular flexibility index (Phi) is 6.52. The number of nitrogens with one attached hydrogen (secondary N) is 1. The van der Waals surface area contributed by atoms with Gasteiger partial charge in [0, 0.05) is 17.8 Å². The van der Waals surface area contributed by atoms with Crippen LogP contribution in [0, 0.1) is 0 Å². The Labute approximate surface area is 122 Å². The molecule has 1 rings (SSSR count). The van der Waals surface area contributed by atoms with Crippen LogP contribution in [0.5, 0.6) is 0 Å². The minimum absolute atomic E-state index is 0.0534. The summed E-state index contributed by atoms with van der Waals surface area (Å²) in [6.45, 7) is 7.94. The molecule has 1 aromatic carbocycles. The summed E-state index contributed by atoms with van der Waals surface area (Å²) >= 11 is 0. The average molecular weight is 277 g/mol. The van der Waals surface area contributed by atoms with Crippen LogP contribution in [0.1, 0.15) is 33.6 Å².